The summed E-state index contributed by atoms with van der Waals surface area (Å²) in [6, 6.07) is 11.5. The van der Waals surface area contributed by atoms with Crippen LogP contribution >= 0.6 is 11.3 Å². The van der Waals surface area contributed by atoms with Crippen molar-refractivity contribution in [2.75, 3.05) is 6.54 Å². The Morgan fingerprint density at radius 1 is 1.15 bits per heavy atom. The van der Waals surface area contributed by atoms with Gasteiger partial charge in [0.1, 0.15) is 5.76 Å². The minimum absolute atomic E-state index is 0.0862. The Morgan fingerprint density at radius 3 is 2.70 bits per heavy atom. The first kappa shape index (κ1) is 17.4. The highest BCUT2D eigenvalue weighted by Crippen LogP contribution is 2.31. The average Bonchev–Trinajstić information content (AvgIpc) is 3.37. The first-order valence-corrected chi connectivity index (χ1v) is 9.46. The minimum atomic E-state index is -0.236. The van der Waals surface area contributed by atoms with Gasteiger partial charge in [-0.25, -0.2) is 4.98 Å². The Kier molecular flexibility index (Phi) is 4.72. The van der Waals surface area contributed by atoms with Crippen molar-refractivity contribution in [2.45, 2.75) is 25.8 Å². The molecule has 0 bridgehead atoms. The summed E-state index contributed by atoms with van der Waals surface area (Å²) in [7, 11) is 0. The molecule has 1 aliphatic rings. The molecule has 138 valence electrons. The van der Waals surface area contributed by atoms with Gasteiger partial charge < -0.3 is 9.73 Å². The van der Waals surface area contributed by atoms with E-state index in [-0.39, 0.29) is 50.1 Å². The second kappa shape index (κ2) is 7.32. The number of para-hydroxylation sites is 1. The Morgan fingerprint density at radius 2 is 1.93 bits per heavy atom. The van der Waals surface area contributed by atoms with E-state index in [0.29, 0.717) is 11.5 Å². The number of fused-ring (bicyclic) bond motifs is 1. The number of aromatic nitrogens is 1. The zero-order chi connectivity index (χ0) is 18.8. The van der Waals surface area contributed by atoms with Crippen molar-refractivity contribution in [1.82, 2.24) is 15.2 Å². The van der Waals surface area contributed by atoms with E-state index in [9.17, 15) is 14.4 Å². The van der Waals surface area contributed by atoms with Gasteiger partial charge in [0.2, 0.25) is 17.7 Å². The van der Waals surface area contributed by atoms with Crippen LogP contribution in [0.15, 0.2) is 40.8 Å². The summed E-state index contributed by atoms with van der Waals surface area (Å²) in [5.74, 6) is 0.624. The van der Waals surface area contributed by atoms with Gasteiger partial charge in [0.05, 0.1) is 16.8 Å². The van der Waals surface area contributed by atoms with E-state index in [1.54, 1.807) is 17.4 Å². The molecule has 7 nitrogen and oxygen atoms in total. The molecule has 3 heterocycles. The van der Waals surface area contributed by atoms with Gasteiger partial charge in [0, 0.05) is 25.8 Å². The minimum Gasteiger partial charge on any atom is -0.457 e. The van der Waals surface area contributed by atoms with Gasteiger partial charge in [0.15, 0.2) is 10.8 Å². The van der Waals surface area contributed by atoms with E-state index < -0.39 is 0 Å². The number of carbonyl (C=O) groups excluding carboxylic acids is 3. The molecule has 2 aromatic heterocycles. The fraction of sp³-hybridized carbons (Fsp3) is 0.263. The second-order valence-corrected chi connectivity index (χ2v) is 7.25. The molecule has 4 rings (SSSR count). The number of furan rings is 1. The van der Waals surface area contributed by atoms with Crippen LogP contribution in [0.5, 0.6) is 0 Å². The van der Waals surface area contributed by atoms with Crippen molar-refractivity contribution in [2.24, 2.45) is 0 Å². The number of carbonyl (C=O) groups is 3. The van der Waals surface area contributed by atoms with E-state index in [1.165, 1.54) is 0 Å². The summed E-state index contributed by atoms with van der Waals surface area (Å²) in [5.41, 5.74) is 0.926. The van der Waals surface area contributed by atoms with Crippen LogP contribution in [-0.2, 0) is 20.9 Å². The number of imide groups is 1. The summed E-state index contributed by atoms with van der Waals surface area (Å²) in [6.45, 7) is 0.365. The molecule has 0 atom stereocenters. The molecule has 1 aromatic carbocycles. The lowest BCUT2D eigenvalue weighted by atomic mass is 10.3. The molecule has 3 amide bonds. The SMILES string of the molecule is O=C(CCN1C(=O)CCC1=O)NCc1ccc(-c2nc3ccccc3s2)o1. The van der Waals surface area contributed by atoms with Crippen LogP contribution in [0, 0.1) is 0 Å². The van der Waals surface area contributed by atoms with Gasteiger partial charge in [-0.1, -0.05) is 12.1 Å². The van der Waals surface area contributed by atoms with Gasteiger partial charge in [-0.15, -0.1) is 11.3 Å². The topological polar surface area (TPSA) is 92.5 Å². The van der Waals surface area contributed by atoms with Crippen LogP contribution in [0.1, 0.15) is 25.0 Å². The summed E-state index contributed by atoms with van der Waals surface area (Å²) in [4.78, 5) is 40.7. The lowest BCUT2D eigenvalue weighted by Crippen LogP contribution is -2.33. The summed E-state index contributed by atoms with van der Waals surface area (Å²) in [5, 5.41) is 3.54. The second-order valence-electron chi connectivity index (χ2n) is 6.22. The standard InChI is InChI=1S/C19H17N3O4S/c23-16(9-10-22-17(24)7-8-18(22)25)20-11-12-5-6-14(26-12)19-21-13-3-1-2-4-15(13)27-19/h1-6H,7-11H2,(H,20,23). The third-order valence-corrected chi connectivity index (χ3v) is 5.39. The van der Waals surface area contributed by atoms with Crippen molar-refractivity contribution in [3.63, 3.8) is 0 Å². The maximum absolute atomic E-state index is 12.0. The molecule has 1 N–H and O–H groups in total. The lowest BCUT2D eigenvalue weighted by molar-refractivity contribution is -0.138. The van der Waals surface area contributed by atoms with Crippen LogP contribution in [0.25, 0.3) is 21.0 Å². The van der Waals surface area contributed by atoms with Crippen LogP contribution in [0.2, 0.25) is 0 Å². The van der Waals surface area contributed by atoms with Crippen molar-refractivity contribution >= 4 is 39.3 Å². The molecular formula is C19H17N3O4S. The number of nitrogens with zero attached hydrogens (tertiary/aromatic N) is 2. The number of nitrogens with one attached hydrogen (secondary N) is 1. The molecule has 1 fully saturated rings. The predicted molar refractivity (Wildman–Crippen MR) is 99.7 cm³/mol. The third-order valence-electron chi connectivity index (χ3n) is 4.34. The first-order valence-electron chi connectivity index (χ1n) is 8.65. The highest BCUT2D eigenvalue weighted by Gasteiger charge is 2.28. The van der Waals surface area contributed by atoms with E-state index >= 15 is 0 Å². The molecule has 1 saturated heterocycles. The summed E-state index contributed by atoms with van der Waals surface area (Å²) in [6.07, 6.45) is 0.561. The van der Waals surface area contributed by atoms with Crippen LogP contribution in [0.4, 0.5) is 0 Å². The van der Waals surface area contributed by atoms with Gasteiger partial charge in [-0.2, -0.15) is 0 Å². The van der Waals surface area contributed by atoms with Crippen molar-refractivity contribution in [1.29, 1.82) is 0 Å². The molecule has 0 saturated carbocycles. The van der Waals surface area contributed by atoms with E-state index in [0.717, 1.165) is 20.1 Å². The Balaban J connectivity index is 1.32. The lowest BCUT2D eigenvalue weighted by Gasteiger charge is -2.12. The Hall–Kier alpha value is -3.00. The normalized spacial score (nSPS) is 14.3. The van der Waals surface area contributed by atoms with E-state index in [2.05, 4.69) is 10.3 Å². The Bertz CT molecular complexity index is 974. The maximum Gasteiger partial charge on any atom is 0.229 e. The maximum atomic E-state index is 12.0. The summed E-state index contributed by atoms with van der Waals surface area (Å²) >= 11 is 1.55. The van der Waals surface area contributed by atoms with Crippen molar-refractivity contribution in [3.8, 4) is 10.8 Å². The van der Waals surface area contributed by atoms with Crippen molar-refractivity contribution < 1.29 is 18.8 Å². The van der Waals surface area contributed by atoms with Gasteiger partial charge in [-0.3, -0.25) is 19.3 Å². The van der Waals surface area contributed by atoms with Crippen LogP contribution in [0.3, 0.4) is 0 Å². The molecule has 3 aromatic rings. The summed E-state index contributed by atoms with van der Waals surface area (Å²) < 4.78 is 6.86. The van der Waals surface area contributed by atoms with E-state index in [4.69, 9.17) is 4.42 Å². The number of hydrogen-bond acceptors (Lipinski definition) is 6. The smallest absolute Gasteiger partial charge is 0.229 e. The average molecular weight is 383 g/mol. The fourth-order valence-corrected chi connectivity index (χ4v) is 3.85. The van der Waals surface area contributed by atoms with Gasteiger partial charge in [-0.05, 0) is 24.3 Å². The molecule has 0 radical (unpaired) electrons. The largest absolute Gasteiger partial charge is 0.457 e. The van der Waals surface area contributed by atoms with Crippen LogP contribution in [-0.4, -0.2) is 34.2 Å². The van der Waals surface area contributed by atoms with Gasteiger partial charge in [0.25, 0.3) is 0 Å². The number of thiazole rings is 1. The first-order chi connectivity index (χ1) is 13.1. The Labute approximate surface area is 159 Å². The highest BCUT2D eigenvalue weighted by atomic mass is 32.1. The van der Waals surface area contributed by atoms with E-state index in [1.807, 2.05) is 30.3 Å². The number of benzene rings is 1. The molecule has 1 aliphatic heterocycles. The monoisotopic (exact) mass is 383 g/mol. The third kappa shape index (κ3) is 3.75. The molecule has 0 spiro atoms. The number of rotatable bonds is 6. The molecule has 8 heteroatoms. The van der Waals surface area contributed by atoms with Crippen molar-refractivity contribution in [3.05, 3.63) is 42.2 Å². The van der Waals surface area contributed by atoms with Crippen LogP contribution < -0.4 is 5.32 Å². The molecular weight excluding hydrogens is 366 g/mol. The number of hydrogen-bond donors (Lipinski definition) is 1. The zero-order valence-electron chi connectivity index (χ0n) is 14.4. The quantitative estimate of drug-likeness (QED) is 0.661. The number of amides is 3. The molecule has 0 unspecified atom stereocenters. The van der Waals surface area contributed by atoms with Gasteiger partial charge >= 0.3 is 0 Å². The highest BCUT2D eigenvalue weighted by molar-refractivity contribution is 7.21. The fourth-order valence-electron chi connectivity index (χ4n) is 2.93. The molecule has 0 aliphatic carbocycles. The zero-order valence-corrected chi connectivity index (χ0v) is 15.3. The molecule has 27 heavy (non-hydrogen) atoms. The number of likely N-dealkylation sites (tertiary alicyclic amines) is 1. The predicted octanol–water partition coefficient (Wildman–Crippen LogP) is 2.71.